The van der Waals surface area contributed by atoms with Gasteiger partial charge in [-0.2, -0.15) is 0 Å². The third-order valence-corrected chi connectivity index (χ3v) is 5.00. The van der Waals surface area contributed by atoms with E-state index in [0.717, 1.165) is 13.0 Å². The number of aryl methyl sites for hydroxylation is 1. The van der Waals surface area contributed by atoms with Crippen molar-refractivity contribution >= 4 is 21.8 Å². The monoisotopic (exact) mass is 283 g/mol. The van der Waals surface area contributed by atoms with Crippen LogP contribution in [0.4, 0.5) is 0 Å². The number of benzene rings is 3. The number of para-hydroxylation sites is 1. The second kappa shape index (κ2) is 4.23. The summed E-state index contributed by atoms with van der Waals surface area (Å²) in [7, 11) is 0. The maximum Gasteiger partial charge on any atom is 0.0497 e. The number of fused-ring (bicyclic) bond motifs is 6. The zero-order chi connectivity index (χ0) is 14.7. The van der Waals surface area contributed by atoms with Crippen molar-refractivity contribution in [1.82, 2.24) is 4.57 Å². The average molecular weight is 283 g/mol. The molecule has 0 aliphatic heterocycles. The van der Waals surface area contributed by atoms with Gasteiger partial charge >= 0.3 is 0 Å². The van der Waals surface area contributed by atoms with Gasteiger partial charge in [-0.15, -0.1) is 0 Å². The van der Waals surface area contributed by atoms with Gasteiger partial charge in [0.2, 0.25) is 0 Å². The van der Waals surface area contributed by atoms with Gasteiger partial charge in [0.1, 0.15) is 0 Å². The quantitative estimate of drug-likeness (QED) is 0.389. The third kappa shape index (κ3) is 1.43. The fraction of sp³-hybridized carbons (Fsp3) is 0.143. The molecule has 1 nitrogen and oxygen atoms in total. The number of aromatic nitrogens is 1. The van der Waals surface area contributed by atoms with Gasteiger partial charge in [0, 0.05) is 28.4 Å². The van der Waals surface area contributed by atoms with Crippen LogP contribution in [-0.2, 0) is 13.0 Å². The van der Waals surface area contributed by atoms with E-state index in [2.05, 4.69) is 72.2 Å². The molecular weight excluding hydrogens is 266 g/mol. The molecule has 0 unspecified atom stereocenters. The fourth-order valence-electron chi connectivity index (χ4n) is 4.02. The molecule has 0 spiro atoms. The minimum atomic E-state index is 1.00. The molecule has 0 radical (unpaired) electrons. The molecular formula is C21H17N. The summed E-state index contributed by atoms with van der Waals surface area (Å²) in [4.78, 5) is 0. The van der Waals surface area contributed by atoms with Gasteiger partial charge in [0.05, 0.1) is 0 Å². The molecule has 1 aliphatic carbocycles. The van der Waals surface area contributed by atoms with Gasteiger partial charge < -0.3 is 4.57 Å². The van der Waals surface area contributed by atoms with Crippen molar-refractivity contribution in [3.05, 3.63) is 71.8 Å². The van der Waals surface area contributed by atoms with E-state index in [-0.39, 0.29) is 0 Å². The Labute approximate surface area is 129 Å². The molecule has 3 aromatic carbocycles. The van der Waals surface area contributed by atoms with Gasteiger partial charge in [-0.25, -0.2) is 0 Å². The third-order valence-electron chi connectivity index (χ3n) is 5.00. The molecule has 4 aromatic rings. The summed E-state index contributed by atoms with van der Waals surface area (Å²) in [6.45, 7) is 3.23. The van der Waals surface area contributed by atoms with Gasteiger partial charge in [0.25, 0.3) is 0 Å². The Morgan fingerprint density at radius 2 is 1.59 bits per heavy atom. The maximum absolute atomic E-state index is 2.44. The van der Waals surface area contributed by atoms with Crippen LogP contribution in [0.25, 0.3) is 32.9 Å². The van der Waals surface area contributed by atoms with Crippen LogP contribution in [0.5, 0.6) is 0 Å². The van der Waals surface area contributed by atoms with Crippen molar-refractivity contribution in [2.45, 2.75) is 19.9 Å². The van der Waals surface area contributed by atoms with Gasteiger partial charge in [-0.3, -0.25) is 0 Å². The topological polar surface area (TPSA) is 4.93 Å². The smallest absolute Gasteiger partial charge is 0.0497 e. The lowest BCUT2D eigenvalue weighted by atomic mass is 10.0. The Hall–Kier alpha value is -2.54. The molecule has 0 amide bonds. The predicted molar refractivity (Wildman–Crippen MR) is 93.4 cm³/mol. The molecule has 0 saturated carbocycles. The highest BCUT2D eigenvalue weighted by Gasteiger charge is 2.20. The van der Waals surface area contributed by atoms with Crippen molar-refractivity contribution in [2.24, 2.45) is 0 Å². The lowest BCUT2D eigenvalue weighted by Gasteiger charge is -2.05. The van der Waals surface area contributed by atoms with Crippen LogP contribution < -0.4 is 0 Å². The Balaban J connectivity index is 1.93. The van der Waals surface area contributed by atoms with E-state index in [4.69, 9.17) is 0 Å². The van der Waals surface area contributed by atoms with Crippen LogP contribution in [0, 0.1) is 0 Å². The van der Waals surface area contributed by atoms with E-state index < -0.39 is 0 Å². The maximum atomic E-state index is 2.44. The van der Waals surface area contributed by atoms with Gasteiger partial charge in [-0.1, -0.05) is 42.5 Å². The number of hydrogen-bond donors (Lipinski definition) is 0. The minimum Gasteiger partial charge on any atom is -0.341 e. The molecule has 1 heteroatoms. The van der Waals surface area contributed by atoms with Crippen LogP contribution in [0.3, 0.4) is 0 Å². The average Bonchev–Trinajstić information content (AvgIpc) is 3.07. The Morgan fingerprint density at radius 1 is 0.773 bits per heavy atom. The summed E-state index contributed by atoms with van der Waals surface area (Å²) in [5.41, 5.74) is 8.45. The molecule has 0 fully saturated rings. The number of nitrogens with zero attached hydrogens (tertiary/aromatic N) is 1. The lowest BCUT2D eigenvalue weighted by molar-refractivity contribution is 0.827. The second-order valence-corrected chi connectivity index (χ2v) is 6.12. The van der Waals surface area contributed by atoms with Crippen LogP contribution in [0.15, 0.2) is 60.7 Å². The van der Waals surface area contributed by atoms with Crippen LogP contribution in [-0.4, -0.2) is 4.57 Å². The summed E-state index contributed by atoms with van der Waals surface area (Å²) in [5, 5.41) is 2.77. The normalized spacial score (nSPS) is 12.8. The van der Waals surface area contributed by atoms with Crippen molar-refractivity contribution in [3.63, 3.8) is 0 Å². The van der Waals surface area contributed by atoms with Gasteiger partial charge in [-0.05, 0) is 53.8 Å². The van der Waals surface area contributed by atoms with Crippen molar-refractivity contribution in [3.8, 4) is 11.1 Å². The van der Waals surface area contributed by atoms with Crippen LogP contribution in [0.2, 0.25) is 0 Å². The van der Waals surface area contributed by atoms with E-state index in [9.17, 15) is 0 Å². The van der Waals surface area contributed by atoms with E-state index in [1.807, 2.05) is 0 Å². The lowest BCUT2D eigenvalue weighted by Crippen LogP contribution is -1.93. The number of hydrogen-bond acceptors (Lipinski definition) is 0. The standard InChI is InChI=1S/C21H17N/c1-2-22-20-10-6-5-9-17(20)19-12-15-11-14-7-3-4-8-16(14)18(15)13-21(19)22/h3-10,12-13H,2,11H2,1H3. The molecule has 0 bridgehead atoms. The first kappa shape index (κ1) is 12.0. The molecule has 106 valence electrons. The number of rotatable bonds is 1. The first-order valence-corrected chi connectivity index (χ1v) is 7.99. The van der Waals surface area contributed by atoms with E-state index >= 15 is 0 Å². The zero-order valence-corrected chi connectivity index (χ0v) is 12.6. The van der Waals surface area contributed by atoms with Crippen molar-refractivity contribution in [1.29, 1.82) is 0 Å². The SMILES string of the molecule is CCn1c2ccccc2c2cc3c(cc21)-c1ccccc1C3. The summed E-state index contributed by atoms with van der Waals surface area (Å²) in [5.74, 6) is 0. The first-order valence-electron chi connectivity index (χ1n) is 7.99. The van der Waals surface area contributed by atoms with Crippen molar-refractivity contribution in [2.75, 3.05) is 0 Å². The van der Waals surface area contributed by atoms with Crippen molar-refractivity contribution < 1.29 is 0 Å². The van der Waals surface area contributed by atoms with E-state index in [1.165, 1.54) is 44.1 Å². The summed E-state index contributed by atoms with van der Waals surface area (Å²) < 4.78 is 2.44. The van der Waals surface area contributed by atoms with E-state index in [1.54, 1.807) is 0 Å². The Bertz CT molecular complexity index is 1040. The Morgan fingerprint density at radius 3 is 2.50 bits per heavy atom. The fourth-order valence-corrected chi connectivity index (χ4v) is 4.02. The predicted octanol–water partition coefficient (Wildman–Crippen LogP) is 5.39. The minimum absolute atomic E-state index is 1.00. The highest BCUT2D eigenvalue weighted by molar-refractivity contribution is 6.10. The summed E-state index contributed by atoms with van der Waals surface area (Å²) in [6, 6.07) is 22.4. The largest absolute Gasteiger partial charge is 0.341 e. The summed E-state index contributed by atoms with van der Waals surface area (Å²) >= 11 is 0. The molecule has 0 saturated heterocycles. The first-order chi connectivity index (χ1) is 10.9. The zero-order valence-electron chi connectivity index (χ0n) is 12.6. The molecule has 22 heavy (non-hydrogen) atoms. The molecule has 1 aliphatic rings. The summed E-state index contributed by atoms with van der Waals surface area (Å²) in [6.07, 6.45) is 1.06. The second-order valence-electron chi connectivity index (χ2n) is 6.12. The molecule has 0 atom stereocenters. The highest BCUT2D eigenvalue weighted by Crippen LogP contribution is 2.41. The molecule has 1 aromatic heterocycles. The molecule has 1 heterocycles. The van der Waals surface area contributed by atoms with Crippen LogP contribution in [0.1, 0.15) is 18.1 Å². The highest BCUT2D eigenvalue weighted by atomic mass is 15.0. The van der Waals surface area contributed by atoms with Gasteiger partial charge in [0.15, 0.2) is 0 Å². The van der Waals surface area contributed by atoms with E-state index in [0.29, 0.717) is 0 Å². The Kier molecular flexibility index (Phi) is 2.32. The van der Waals surface area contributed by atoms with Crippen LogP contribution >= 0.6 is 0 Å². The molecule has 5 rings (SSSR count). The molecule has 0 N–H and O–H groups in total.